The fourth-order valence-corrected chi connectivity index (χ4v) is 2.72. The maximum atomic E-state index is 5.52. The Labute approximate surface area is 83.1 Å². The summed E-state index contributed by atoms with van der Waals surface area (Å²) < 4.78 is 5.52. The highest BCUT2D eigenvalue weighted by atomic mass is 32.2. The summed E-state index contributed by atoms with van der Waals surface area (Å²) in [5.74, 6) is 4.48. The first kappa shape index (κ1) is 9.16. The Morgan fingerprint density at radius 1 is 1.54 bits per heavy atom. The van der Waals surface area contributed by atoms with Gasteiger partial charge in [-0.3, -0.25) is 0 Å². The second-order valence-electron chi connectivity index (χ2n) is 3.45. The van der Waals surface area contributed by atoms with Crippen LogP contribution in [0.2, 0.25) is 0 Å². The molecule has 1 fully saturated rings. The maximum Gasteiger partial charge on any atom is 0.105 e. The molecule has 0 radical (unpaired) electrons. The van der Waals surface area contributed by atoms with E-state index in [9.17, 15) is 0 Å². The van der Waals surface area contributed by atoms with Crippen molar-refractivity contribution in [3.05, 3.63) is 23.2 Å². The number of thioether (sulfide) groups is 1. The van der Waals surface area contributed by atoms with Crippen LogP contribution in [0.5, 0.6) is 0 Å². The summed E-state index contributed by atoms with van der Waals surface area (Å²) in [5, 5.41) is 3.51. The molecule has 13 heavy (non-hydrogen) atoms. The van der Waals surface area contributed by atoms with Crippen LogP contribution in [0.3, 0.4) is 0 Å². The van der Waals surface area contributed by atoms with Crippen molar-refractivity contribution in [1.29, 1.82) is 0 Å². The van der Waals surface area contributed by atoms with Crippen molar-refractivity contribution in [2.75, 3.05) is 18.1 Å². The summed E-state index contributed by atoms with van der Waals surface area (Å²) in [4.78, 5) is 0. The van der Waals surface area contributed by atoms with Gasteiger partial charge in [0.15, 0.2) is 0 Å². The van der Waals surface area contributed by atoms with Crippen LogP contribution in [-0.4, -0.2) is 18.1 Å². The summed E-state index contributed by atoms with van der Waals surface area (Å²) >= 11 is 2.01. The molecule has 0 bridgehead atoms. The predicted molar refractivity (Wildman–Crippen MR) is 56.3 cm³/mol. The van der Waals surface area contributed by atoms with Crippen LogP contribution in [-0.2, 0) is 0 Å². The quantitative estimate of drug-likeness (QED) is 0.747. The third-order valence-electron chi connectivity index (χ3n) is 2.38. The van der Waals surface area contributed by atoms with E-state index < -0.39 is 0 Å². The van der Waals surface area contributed by atoms with Crippen molar-refractivity contribution in [3.63, 3.8) is 0 Å². The molecule has 0 aromatic carbocycles. The molecule has 1 N–H and O–H groups in total. The molecule has 2 nitrogen and oxygen atoms in total. The van der Waals surface area contributed by atoms with Gasteiger partial charge in [0.25, 0.3) is 0 Å². The normalized spacial score (nSPS) is 23.4. The minimum absolute atomic E-state index is 0.496. The van der Waals surface area contributed by atoms with Crippen LogP contribution in [0.15, 0.2) is 10.5 Å². The van der Waals surface area contributed by atoms with Gasteiger partial charge in [-0.15, -0.1) is 0 Å². The zero-order chi connectivity index (χ0) is 9.26. The summed E-state index contributed by atoms with van der Waals surface area (Å²) in [5.41, 5.74) is 1.34. The standard InChI is InChI=1S/C10H15NOS/c1-7-5-9(8(2)12-7)10-6-13-4-3-11-10/h5,10-11H,3-4,6H2,1-2H3. The molecule has 3 heteroatoms. The highest BCUT2D eigenvalue weighted by Crippen LogP contribution is 2.26. The first-order chi connectivity index (χ1) is 6.27. The first-order valence-corrected chi connectivity index (χ1v) is 5.81. The second-order valence-corrected chi connectivity index (χ2v) is 4.60. The highest BCUT2D eigenvalue weighted by molar-refractivity contribution is 7.99. The first-order valence-electron chi connectivity index (χ1n) is 4.65. The van der Waals surface area contributed by atoms with Crippen molar-refractivity contribution in [2.45, 2.75) is 19.9 Å². The Balaban J connectivity index is 2.18. The lowest BCUT2D eigenvalue weighted by atomic mass is 10.1. The number of hydrogen-bond acceptors (Lipinski definition) is 3. The molecular formula is C10H15NOS. The molecule has 1 aliphatic rings. The predicted octanol–water partition coefficient (Wildman–Crippen LogP) is 2.27. The lowest BCUT2D eigenvalue weighted by molar-refractivity contribution is 0.492. The molecule has 72 valence electrons. The maximum absolute atomic E-state index is 5.52. The molecule has 1 aliphatic heterocycles. The number of aryl methyl sites for hydroxylation is 2. The number of nitrogens with one attached hydrogen (secondary N) is 1. The van der Waals surface area contributed by atoms with Crippen molar-refractivity contribution in [1.82, 2.24) is 5.32 Å². The fraction of sp³-hybridized carbons (Fsp3) is 0.600. The van der Waals surface area contributed by atoms with Gasteiger partial charge in [0.2, 0.25) is 0 Å². The van der Waals surface area contributed by atoms with E-state index >= 15 is 0 Å². The molecular weight excluding hydrogens is 182 g/mol. The van der Waals surface area contributed by atoms with Gasteiger partial charge in [-0.05, 0) is 19.9 Å². The molecule has 0 aliphatic carbocycles. The van der Waals surface area contributed by atoms with E-state index in [2.05, 4.69) is 11.4 Å². The highest BCUT2D eigenvalue weighted by Gasteiger charge is 2.19. The van der Waals surface area contributed by atoms with Crippen molar-refractivity contribution in [3.8, 4) is 0 Å². The van der Waals surface area contributed by atoms with Gasteiger partial charge in [0.1, 0.15) is 11.5 Å². The Hall–Kier alpha value is -0.410. The number of furan rings is 1. The molecule has 1 aromatic rings. The van der Waals surface area contributed by atoms with E-state index in [4.69, 9.17) is 4.42 Å². The van der Waals surface area contributed by atoms with Gasteiger partial charge in [-0.1, -0.05) is 0 Å². The van der Waals surface area contributed by atoms with Crippen LogP contribution in [0.4, 0.5) is 0 Å². The molecule has 2 rings (SSSR count). The Kier molecular flexibility index (Phi) is 2.65. The van der Waals surface area contributed by atoms with Crippen LogP contribution in [0.25, 0.3) is 0 Å². The molecule has 2 heterocycles. The summed E-state index contributed by atoms with van der Waals surface area (Å²) in [7, 11) is 0. The van der Waals surface area contributed by atoms with Gasteiger partial charge >= 0.3 is 0 Å². The van der Waals surface area contributed by atoms with Crippen molar-refractivity contribution in [2.24, 2.45) is 0 Å². The van der Waals surface area contributed by atoms with Crippen LogP contribution >= 0.6 is 11.8 Å². The topological polar surface area (TPSA) is 25.2 Å². The third-order valence-corrected chi connectivity index (χ3v) is 3.44. The lowest BCUT2D eigenvalue weighted by Crippen LogP contribution is -2.30. The Morgan fingerprint density at radius 3 is 2.92 bits per heavy atom. The molecule has 0 spiro atoms. The van der Waals surface area contributed by atoms with Crippen molar-refractivity contribution < 1.29 is 4.42 Å². The van der Waals surface area contributed by atoms with Crippen LogP contribution in [0, 0.1) is 13.8 Å². The van der Waals surface area contributed by atoms with Crippen molar-refractivity contribution >= 4 is 11.8 Å². The molecule has 1 aromatic heterocycles. The van der Waals surface area contributed by atoms with E-state index in [0.717, 1.165) is 18.1 Å². The Morgan fingerprint density at radius 2 is 2.38 bits per heavy atom. The molecule has 0 saturated carbocycles. The van der Waals surface area contributed by atoms with E-state index in [1.165, 1.54) is 17.1 Å². The summed E-state index contributed by atoms with van der Waals surface area (Å²) in [6.45, 7) is 5.16. The minimum Gasteiger partial charge on any atom is -0.466 e. The van der Waals surface area contributed by atoms with Gasteiger partial charge in [0, 0.05) is 29.7 Å². The zero-order valence-electron chi connectivity index (χ0n) is 8.09. The van der Waals surface area contributed by atoms with Gasteiger partial charge < -0.3 is 9.73 Å². The van der Waals surface area contributed by atoms with Crippen LogP contribution < -0.4 is 5.32 Å². The SMILES string of the molecule is Cc1cc(C2CSCCN2)c(C)o1. The molecule has 0 amide bonds. The van der Waals surface area contributed by atoms with E-state index in [1.807, 2.05) is 25.6 Å². The van der Waals surface area contributed by atoms with Gasteiger partial charge in [-0.2, -0.15) is 11.8 Å². The summed E-state index contributed by atoms with van der Waals surface area (Å²) in [6.07, 6.45) is 0. The summed E-state index contributed by atoms with van der Waals surface area (Å²) in [6, 6.07) is 2.65. The van der Waals surface area contributed by atoms with E-state index in [-0.39, 0.29) is 0 Å². The third kappa shape index (κ3) is 1.92. The number of rotatable bonds is 1. The average Bonchev–Trinajstić information content (AvgIpc) is 2.47. The van der Waals surface area contributed by atoms with Gasteiger partial charge in [0.05, 0.1) is 0 Å². The molecule has 1 saturated heterocycles. The van der Waals surface area contributed by atoms with E-state index in [0.29, 0.717) is 6.04 Å². The van der Waals surface area contributed by atoms with Crippen LogP contribution in [0.1, 0.15) is 23.1 Å². The van der Waals surface area contributed by atoms with E-state index in [1.54, 1.807) is 0 Å². The Bertz CT molecular complexity index is 289. The zero-order valence-corrected chi connectivity index (χ0v) is 8.91. The fourth-order valence-electron chi connectivity index (χ4n) is 1.76. The lowest BCUT2D eigenvalue weighted by Gasteiger charge is -2.22. The average molecular weight is 197 g/mol. The van der Waals surface area contributed by atoms with Gasteiger partial charge in [-0.25, -0.2) is 0 Å². The number of hydrogen-bond donors (Lipinski definition) is 1. The molecule has 1 atom stereocenters. The minimum atomic E-state index is 0.496. The second kappa shape index (κ2) is 3.76. The monoisotopic (exact) mass is 197 g/mol. The largest absolute Gasteiger partial charge is 0.466 e. The smallest absolute Gasteiger partial charge is 0.105 e. The molecule has 1 unspecified atom stereocenters.